The van der Waals surface area contributed by atoms with E-state index >= 15 is 0 Å². The van der Waals surface area contributed by atoms with Gasteiger partial charge in [-0.1, -0.05) is 43.3 Å². The van der Waals surface area contributed by atoms with Gasteiger partial charge in [0.2, 0.25) is 0 Å². The summed E-state index contributed by atoms with van der Waals surface area (Å²) in [5.41, 5.74) is 4.43. The van der Waals surface area contributed by atoms with E-state index in [-0.39, 0.29) is 11.8 Å². The smallest absolute Gasteiger partial charge is 0.282 e. The summed E-state index contributed by atoms with van der Waals surface area (Å²) in [7, 11) is 0. The number of rotatable bonds is 6. The lowest BCUT2D eigenvalue weighted by molar-refractivity contribution is -1.00. The molecule has 2 aliphatic rings. The lowest BCUT2D eigenvalue weighted by Gasteiger charge is -2.30. The fourth-order valence-electron chi connectivity index (χ4n) is 4.59. The van der Waals surface area contributed by atoms with Crippen LogP contribution in [0.25, 0.3) is 0 Å². The molecule has 0 atom stereocenters. The molecule has 158 valence electrons. The van der Waals surface area contributed by atoms with Gasteiger partial charge in [0, 0.05) is 17.9 Å². The van der Waals surface area contributed by atoms with E-state index in [0.29, 0.717) is 13.1 Å². The fraction of sp³-hybridized carbons (Fsp3) is 0.417. The molecule has 1 fully saturated rings. The molecule has 2 aromatic carbocycles. The first-order chi connectivity index (χ1) is 14.6. The van der Waals surface area contributed by atoms with Gasteiger partial charge in [-0.05, 0) is 36.1 Å². The number of aryl methyl sites for hydroxylation is 1. The van der Waals surface area contributed by atoms with E-state index in [2.05, 4.69) is 24.4 Å². The molecule has 2 amide bonds. The van der Waals surface area contributed by atoms with Crippen molar-refractivity contribution < 1.29 is 19.4 Å². The van der Waals surface area contributed by atoms with Crippen molar-refractivity contribution in [3.8, 4) is 0 Å². The first-order valence-corrected chi connectivity index (χ1v) is 11.1. The zero-order valence-electron chi connectivity index (χ0n) is 17.7. The molecule has 6 nitrogen and oxygen atoms in total. The number of quaternary nitrogens is 2. The molecular weight excluding hydrogens is 376 g/mol. The van der Waals surface area contributed by atoms with Crippen LogP contribution in [0.1, 0.15) is 18.1 Å². The molecule has 0 saturated carbocycles. The molecule has 3 N–H and O–H groups in total. The maximum atomic E-state index is 12.8. The number of fused-ring (bicyclic) bond motifs is 1. The highest BCUT2D eigenvalue weighted by Crippen LogP contribution is 2.27. The topological polar surface area (TPSA) is 58.3 Å². The Morgan fingerprint density at radius 2 is 1.60 bits per heavy atom. The molecule has 0 unspecified atom stereocenters. The Labute approximate surface area is 178 Å². The summed E-state index contributed by atoms with van der Waals surface area (Å²) in [4.78, 5) is 29.9. The minimum Gasteiger partial charge on any atom is -0.321 e. The van der Waals surface area contributed by atoms with Gasteiger partial charge < -0.3 is 20.0 Å². The van der Waals surface area contributed by atoms with Gasteiger partial charge in [-0.15, -0.1) is 0 Å². The van der Waals surface area contributed by atoms with Gasteiger partial charge in [-0.3, -0.25) is 9.59 Å². The Morgan fingerprint density at radius 1 is 0.933 bits per heavy atom. The van der Waals surface area contributed by atoms with Crippen molar-refractivity contribution in [3.05, 3.63) is 59.7 Å². The molecule has 0 bridgehead atoms. The second kappa shape index (κ2) is 9.41. The largest absolute Gasteiger partial charge is 0.321 e. The highest BCUT2D eigenvalue weighted by Gasteiger charge is 2.30. The number of anilines is 2. The average Bonchev–Trinajstić information content (AvgIpc) is 3.20. The summed E-state index contributed by atoms with van der Waals surface area (Å²) in [6, 6.07) is 16.2. The minimum absolute atomic E-state index is 0.0686. The predicted molar refractivity (Wildman–Crippen MR) is 118 cm³/mol. The van der Waals surface area contributed by atoms with Crippen LogP contribution in [-0.4, -0.2) is 57.6 Å². The molecule has 2 heterocycles. The van der Waals surface area contributed by atoms with Gasteiger partial charge in [-0.25, -0.2) is 0 Å². The number of nitrogens with one attached hydrogen (secondary N) is 3. The van der Waals surface area contributed by atoms with Gasteiger partial charge in [0.25, 0.3) is 11.8 Å². The SMILES string of the molecule is CCc1ccccc1NC(=O)C[NH+]1CC[NH+](CC(=O)N2CCc3ccccc32)CC1. The van der Waals surface area contributed by atoms with Crippen LogP contribution >= 0.6 is 0 Å². The van der Waals surface area contributed by atoms with Crippen LogP contribution in [0, 0.1) is 0 Å². The van der Waals surface area contributed by atoms with E-state index < -0.39 is 0 Å². The van der Waals surface area contributed by atoms with Crippen LogP contribution in [0.2, 0.25) is 0 Å². The van der Waals surface area contributed by atoms with E-state index in [9.17, 15) is 9.59 Å². The quantitative estimate of drug-likeness (QED) is 0.607. The number of hydrogen-bond acceptors (Lipinski definition) is 2. The van der Waals surface area contributed by atoms with Crippen LogP contribution < -0.4 is 20.0 Å². The molecule has 4 rings (SSSR count). The molecule has 0 aliphatic carbocycles. The number of amides is 2. The summed E-state index contributed by atoms with van der Waals surface area (Å²) in [5.74, 6) is 0.284. The van der Waals surface area contributed by atoms with Crippen LogP contribution in [0.15, 0.2) is 48.5 Å². The van der Waals surface area contributed by atoms with E-state index in [0.717, 1.165) is 62.5 Å². The first-order valence-electron chi connectivity index (χ1n) is 11.1. The van der Waals surface area contributed by atoms with Crippen LogP contribution in [-0.2, 0) is 22.4 Å². The second-order valence-electron chi connectivity index (χ2n) is 8.34. The third-order valence-corrected chi connectivity index (χ3v) is 6.34. The summed E-state index contributed by atoms with van der Waals surface area (Å²) >= 11 is 0. The normalized spacial score (nSPS) is 20.6. The van der Waals surface area contributed by atoms with Gasteiger partial charge in [0.15, 0.2) is 13.1 Å². The molecular formula is C24H32N4O2+2. The van der Waals surface area contributed by atoms with Gasteiger partial charge in [0.1, 0.15) is 26.2 Å². The molecule has 0 aromatic heterocycles. The molecule has 1 saturated heterocycles. The number of carbonyl (C=O) groups excluding carboxylic acids is 2. The highest BCUT2D eigenvalue weighted by molar-refractivity contribution is 5.96. The van der Waals surface area contributed by atoms with Gasteiger partial charge >= 0.3 is 0 Å². The maximum absolute atomic E-state index is 12.8. The Morgan fingerprint density at radius 3 is 2.37 bits per heavy atom. The highest BCUT2D eigenvalue weighted by atomic mass is 16.2. The molecule has 30 heavy (non-hydrogen) atoms. The molecule has 0 radical (unpaired) electrons. The minimum atomic E-state index is 0.0686. The predicted octanol–water partition coefficient (Wildman–Crippen LogP) is -0.440. The van der Waals surface area contributed by atoms with Gasteiger partial charge in [-0.2, -0.15) is 0 Å². The van der Waals surface area contributed by atoms with E-state index in [1.54, 1.807) is 0 Å². The first kappa shape index (κ1) is 20.6. The lowest BCUT2D eigenvalue weighted by atomic mass is 10.1. The van der Waals surface area contributed by atoms with Crippen LogP contribution in [0.3, 0.4) is 0 Å². The lowest BCUT2D eigenvalue weighted by Crippen LogP contribution is -3.28. The number of nitrogens with zero attached hydrogens (tertiary/aromatic N) is 1. The molecule has 2 aliphatic heterocycles. The second-order valence-corrected chi connectivity index (χ2v) is 8.34. The zero-order valence-corrected chi connectivity index (χ0v) is 17.7. The summed E-state index contributed by atoms with van der Waals surface area (Å²) in [6.45, 7) is 7.61. The summed E-state index contributed by atoms with van der Waals surface area (Å²) in [6.07, 6.45) is 1.85. The van der Waals surface area contributed by atoms with Crippen molar-refractivity contribution in [2.75, 3.05) is 56.0 Å². The monoisotopic (exact) mass is 408 g/mol. The van der Waals surface area contributed by atoms with E-state index in [1.165, 1.54) is 15.4 Å². The Bertz CT molecular complexity index is 906. The zero-order chi connectivity index (χ0) is 20.9. The third-order valence-electron chi connectivity index (χ3n) is 6.34. The number of carbonyl (C=O) groups is 2. The summed E-state index contributed by atoms with van der Waals surface area (Å²) < 4.78 is 0. The molecule has 2 aromatic rings. The number of benzene rings is 2. The molecule has 0 spiro atoms. The fourth-order valence-corrected chi connectivity index (χ4v) is 4.59. The Kier molecular flexibility index (Phi) is 6.45. The average molecular weight is 409 g/mol. The standard InChI is InChI=1S/C24H30N4O2/c1-2-19-7-3-5-9-21(19)25-23(29)17-26-13-15-27(16-14-26)18-24(30)28-12-11-20-8-4-6-10-22(20)28/h3-10H,2,11-18H2,1H3,(H,25,29)/p+2. The molecule has 6 heteroatoms. The van der Waals surface area contributed by atoms with Crippen molar-refractivity contribution in [3.63, 3.8) is 0 Å². The van der Waals surface area contributed by atoms with Crippen molar-refractivity contribution in [1.29, 1.82) is 0 Å². The maximum Gasteiger partial charge on any atom is 0.282 e. The number of piperazine rings is 1. The number of para-hydroxylation sites is 2. The number of hydrogen-bond donors (Lipinski definition) is 3. The van der Waals surface area contributed by atoms with Crippen molar-refractivity contribution in [2.24, 2.45) is 0 Å². The van der Waals surface area contributed by atoms with Crippen molar-refractivity contribution in [2.45, 2.75) is 19.8 Å². The van der Waals surface area contributed by atoms with Gasteiger partial charge in [0.05, 0.1) is 0 Å². The Balaban J connectivity index is 1.23. The third kappa shape index (κ3) is 4.71. The van der Waals surface area contributed by atoms with Crippen molar-refractivity contribution in [1.82, 2.24) is 0 Å². The van der Waals surface area contributed by atoms with E-state index in [1.807, 2.05) is 41.3 Å². The van der Waals surface area contributed by atoms with Crippen LogP contribution in [0.4, 0.5) is 11.4 Å². The van der Waals surface area contributed by atoms with E-state index in [4.69, 9.17) is 0 Å². The van der Waals surface area contributed by atoms with Crippen LogP contribution in [0.5, 0.6) is 0 Å². The van der Waals surface area contributed by atoms with Crippen molar-refractivity contribution >= 4 is 23.2 Å². The summed E-state index contributed by atoms with van der Waals surface area (Å²) in [5, 5.41) is 3.07. The Hall–Kier alpha value is -2.70.